The van der Waals surface area contributed by atoms with Crippen LogP contribution in [-0.2, 0) is 0 Å². The smallest absolute Gasteiger partial charge is 0.175 e. The molecule has 2 heterocycles. The van der Waals surface area contributed by atoms with E-state index in [1.54, 1.807) is 0 Å². The Morgan fingerprint density at radius 3 is 2.94 bits per heavy atom. The summed E-state index contributed by atoms with van der Waals surface area (Å²) in [7, 11) is 0. The van der Waals surface area contributed by atoms with Gasteiger partial charge in [0.05, 0.1) is 5.69 Å². The van der Waals surface area contributed by atoms with Crippen LogP contribution in [0.4, 0.5) is 5.69 Å². The van der Waals surface area contributed by atoms with Crippen molar-refractivity contribution >= 4 is 28.9 Å². The van der Waals surface area contributed by atoms with Crippen molar-refractivity contribution in [3.8, 4) is 0 Å². The molecule has 0 N–H and O–H groups in total. The van der Waals surface area contributed by atoms with Crippen LogP contribution < -0.4 is 4.90 Å². The van der Waals surface area contributed by atoms with Crippen LogP contribution in [0.1, 0.15) is 32.6 Å². The van der Waals surface area contributed by atoms with Gasteiger partial charge in [0.25, 0.3) is 0 Å². The van der Waals surface area contributed by atoms with E-state index in [-0.39, 0.29) is 0 Å². The summed E-state index contributed by atoms with van der Waals surface area (Å²) in [5.41, 5.74) is 0.924. The Balaban J connectivity index is 2.30. The Bertz CT molecular complexity index is 370. The lowest BCUT2D eigenvalue weighted by Crippen LogP contribution is -2.39. The molecular weight excluding hydrogens is 245 g/mol. The SMILES string of the molecule is CCC1CCCCN1c1cc(Cl)nnc1Cl. The lowest BCUT2D eigenvalue weighted by Gasteiger charge is -2.37. The molecule has 1 aliphatic rings. The van der Waals surface area contributed by atoms with Crippen molar-refractivity contribution in [3.63, 3.8) is 0 Å². The second kappa shape index (κ2) is 5.19. The highest BCUT2D eigenvalue weighted by molar-refractivity contribution is 6.33. The summed E-state index contributed by atoms with van der Waals surface area (Å²) in [4.78, 5) is 2.31. The Labute approximate surface area is 106 Å². The summed E-state index contributed by atoms with van der Waals surface area (Å²) in [6.07, 6.45) is 4.83. The van der Waals surface area contributed by atoms with Gasteiger partial charge >= 0.3 is 0 Å². The third-order valence-electron chi connectivity index (χ3n) is 3.11. The van der Waals surface area contributed by atoms with E-state index in [1.807, 2.05) is 6.07 Å². The minimum Gasteiger partial charge on any atom is -0.366 e. The zero-order chi connectivity index (χ0) is 11.5. The van der Waals surface area contributed by atoms with Crippen LogP contribution in [0, 0.1) is 0 Å². The Hall–Kier alpha value is -0.540. The highest BCUT2D eigenvalue weighted by atomic mass is 35.5. The molecule has 1 atom stereocenters. The minimum absolute atomic E-state index is 0.403. The van der Waals surface area contributed by atoms with E-state index < -0.39 is 0 Å². The maximum Gasteiger partial charge on any atom is 0.175 e. The molecule has 0 aliphatic carbocycles. The molecule has 2 rings (SSSR count). The van der Waals surface area contributed by atoms with Gasteiger partial charge in [-0.2, -0.15) is 0 Å². The molecule has 0 saturated carbocycles. The van der Waals surface area contributed by atoms with E-state index in [0.717, 1.165) is 18.7 Å². The average Bonchev–Trinajstić information content (AvgIpc) is 2.32. The van der Waals surface area contributed by atoms with Gasteiger partial charge in [-0.25, -0.2) is 0 Å². The zero-order valence-electron chi connectivity index (χ0n) is 9.29. The van der Waals surface area contributed by atoms with Gasteiger partial charge in [0, 0.05) is 18.7 Å². The Morgan fingerprint density at radius 1 is 1.38 bits per heavy atom. The second-order valence-corrected chi connectivity index (χ2v) is 4.84. The van der Waals surface area contributed by atoms with Gasteiger partial charge in [0.15, 0.2) is 10.3 Å². The number of aromatic nitrogens is 2. The highest BCUT2D eigenvalue weighted by Gasteiger charge is 2.23. The predicted molar refractivity (Wildman–Crippen MR) is 67.3 cm³/mol. The second-order valence-electron chi connectivity index (χ2n) is 4.09. The highest BCUT2D eigenvalue weighted by Crippen LogP contribution is 2.31. The van der Waals surface area contributed by atoms with E-state index in [0.29, 0.717) is 16.3 Å². The summed E-state index contributed by atoms with van der Waals surface area (Å²) in [6, 6.07) is 2.36. The molecule has 0 aromatic carbocycles. The maximum atomic E-state index is 6.08. The molecule has 5 heteroatoms. The van der Waals surface area contributed by atoms with Gasteiger partial charge in [-0.05, 0) is 25.7 Å². The Morgan fingerprint density at radius 2 is 2.19 bits per heavy atom. The monoisotopic (exact) mass is 259 g/mol. The molecule has 0 bridgehead atoms. The summed E-state index contributed by atoms with van der Waals surface area (Å²) in [6.45, 7) is 3.23. The number of nitrogens with zero attached hydrogens (tertiary/aromatic N) is 3. The first-order valence-corrected chi connectivity index (χ1v) is 6.43. The molecule has 1 aliphatic heterocycles. The van der Waals surface area contributed by atoms with Crippen molar-refractivity contribution in [2.24, 2.45) is 0 Å². The Kier molecular flexibility index (Phi) is 3.87. The number of hydrogen-bond donors (Lipinski definition) is 0. The predicted octanol–water partition coefficient (Wildman–Crippen LogP) is 3.55. The van der Waals surface area contributed by atoms with E-state index >= 15 is 0 Å². The summed E-state index contributed by atoms with van der Waals surface area (Å²) in [5, 5.41) is 8.46. The number of piperidine rings is 1. The van der Waals surface area contributed by atoms with Crippen LogP contribution in [0.15, 0.2) is 6.07 Å². The number of rotatable bonds is 2. The molecule has 1 aromatic rings. The van der Waals surface area contributed by atoms with Crippen LogP contribution in [0.25, 0.3) is 0 Å². The lowest BCUT2D eigenvalue weighted by atomic mass is 9.99. The third kappa shape index (κ3) is 2.41. The fourth-order valence-electron chi connectivity index (χ4n) is 2.29. The maximum absolute atomic E-state index is 6.08. The standard InChI is InChI=1S/C11H15Cl2N3/c1-2-8-5-3-4-6-16(8)9-7-10(12)14-15-11(9)13/h7-8H,2-6H2,1H3. The zero-order valence-corrected chi connectivity index (χ0v) is 10.8. The first kappa shape index (κ1) is 11.9. The summed E-state index contributed by atoms with van der Waals surface area (Å²) >= 11 is 11.9. The van der Waals surface area contributed by atoms with Crippen LogP contribution in [0.5, 0.6) is 0 Å². The lowest BCUT2D eigenvalue weighted by molar-refractivity contribution is 0.449. The van der Waals surface area contributed by atoms with E-state index in [1.165, 1.54) is 19.3 Å². The van der Waals surface area contributed by atoms with Crippen LogP contribution in [-0.4, -0.2) is 22.8 Å². The molecule has 1 aromatic heterocycles. The van der Waals surface area contributed by atoms with Crippen LogP contribution >= 0.6 is 23.2 Å². The fraction of sp³-hybridized carbons (Fsp3) is 0.636. The van der Waals surface area contributed by atoms with Gasteiger partial charge in [-0.1, -0.05) is 30.1 Å². The molecule has 1 fully saturated rings. The number of anilines is 1. The third-order valence-corrected chi connectivity index (χ3v) is 3.56. The van der Waals surface area contributed by atoms with Crippen molar-refractivity contribution in [2.75, 3.05) is 11.4 Å². The first-order chi connectivity index (χ1) is 7.72. The molecule has 0 amide bonds. The van der Waals surface area contributed by atoms with Gasteiger partial charge in [0.1, 0.15) is 0 Å². The quantitative estimate of drug-likeness (QED) is 0.814. The summed E-state index contributed by atoms with van der Waals surface area (Å²) in [5.74, 6) is 0. The molecule has 3 nitrogen and oxygen atoms in total. The van der Waals surface area contributed by atoms with Crippen molar-refractivity contribution in [2.45, 2.75) is 38.6 Å². The fourth-order valence-corrected chi connectivity index (χ4v) is 2.63. The molecule has 0 spiro atoms. The normalized spacial score (nSPS) is 21.2. The molecule has 0 radical (unpaired) electrons. The van der Waals surface area contributed by atoms with Crippen molar-refractivity contribution in [1.29, 1.82) is 0 Å². The van der Waals surface area contributed by atoms with E-state index in [2.05, 4.69) is 22.0 Å². The molecule has 1 unspecified atom stereocenters. The van der Waals surface area contributed by atoms with Crippen LogP contribution in [0.2, 0.25) is 10.3 Å². The molecular formula is C11H15Cl2N3. The van der Waals surface area contributed by atoms with Gasteiger partial charge < -0.3 is 4.90 Å². The topological polar surface area (TPSA) is 29.0 Å². The van der Waals surface area contributed by atoms with Crippen molar-refractivity contribution in [1.82, 2.24) is 10.2 Å². The summed E-state index contributed by atoms with van der Waals surface area (Å²) < 4.78 is 0. The van der Waals surface area contributed by atoms with Crippen LogP contribution in [0.3, 0.4) is 0 Å². The minimum atomic E-state index is 0.403. The van der Waals surface area contributed by atoms with Gasteiger partial charge in [0.2, 0.25) is 0 Å². The largest absolute Gasteiger partial charge is 0.366 e. The average molecular weight is 260 g/mol. The van der Waals surface area contributed by atoms with E-state index in [4.69, 9.17) is 23.2 Å². The van der Waals surface area contributed by atoms with Crippen molar-refractivity contribution in [3.05, 3.63) is 16.4 Å². The van der Waals surface area contributed by atoms with E-state index in [9.17, 15) is 0 Å². The van der Waals surface area contributed by atoms with Gasteiger partial charge in [-0.15, -0.1) is 10.2 Å². The first-order valence-electron chi connectivity index (χ1n) is 5.67. The number of halogens is 2. The number of hydrogen-bond acceptors (Lipinski definition) is 3. The molecule has 16 heavy (non-hydrogen) atoms. The molecule has 1 saturated heterocycles. The molecule has 88 valence electrons. The van der Waals surface area contributed by atoms with Crippen molar-refractivity contribution < 1.29 is 0 Å². The van der Waals surface area contributed by atoms with Gasteiger partial charge in [-0.3, -0.25) is 0 Å².